The molecule has 8 nitrogen and oxygen atoms in total. The number of benzene rings is 1. The maximum absolute atomic E-state index is 13.1. The van der Waals surface area contributed by atoms with Gasteiger partial charge in [0.2, 0.25) is 5.95 Å². The first-order valence-corrected chi connectivity index (χ1v) is 11.8. The summed E-state index contributed by atoms with van der Waals surface area (Å²) in [6, 6.07) is 8.35. The number of hydrogen-bond acceptors (Lipinski definition) is 8. The largest absolute Gasteiger partial charge is 0.383 e. The van der Waals surface area contributed by atoms with Crippen LogP contribution in [0.3, 0.4) is 0 Å². The number of pyridine rings is 1. The molecule has 1 fully saturated rings. The van der Waals surface area contributed by atoms with Gasteiger partial charge >= 0.3 is 0 Å². The Kier molecular flexibility index (Phi) is 5.85. The molecule has 2 aliphatic rings. The lowest BCUT2D eigenvalue weighted by Gasteiger charge is -2.27. The number of nitrogen functional groups attached to an aromatic ring is 1. The zero-order valence-corrected chi connectivity index (χ0v) is 19.3. The molecular weight excluding hydrogens is 416 g/mol. The van der Waals surface area contributed by atoms with Crippen molar-refractivity contribution in [1.29, 1.82) is 0 Å². The van der Waals surface area contributed by atoms with E-state index < -0.39 is 0 Å². The second-order valence-electron chi connectivity index (χ2n) is 8.51. The highest BCUT2D eigenvalue weighted by Gasteiger charge is 2.28. The van der Waals surface area contributed by atoms with Crippen molar-refractivity contribution in [3.63, 3.8) is 0 Å². The molecule has 0 unspecified atom stereocenters. The molecule has 0 atom stereocenters. The van der Waals surface area contributed by atoms with Crippen molar-refractivity contribution in [2.75, 3.05) is 54.9 Å². The van der Waals surface area contributed by atoms with E-state index >= 15 is 0 Å². The first-order chi connectivity index (χ1) is 16.1. The summed E-state index contributed by atoms with van der Waals surface area (Å²) < 4.78 is 5.46. The van der Waals surface area contributed by atoms with Gasteiger partial charge < -0.3 is 20.3 Å². The number of aryl methyl sites for hydroxylation is 1. The number of aromatic nitrogens is 3. The maximum atomic E-state index is 13.1. The molecule has 3 aromatic rings. The summed E-state index contributed by atoms with van der Waals surface area (Å²) in [5.41, 5.74) is 11.5. The van der Waals surface area contributed by atoms with Gasteiger partial charge in [-0.1, -0.05) is 12.1 Å². The van der Waals surface area contributed by atoms with E-state index in [4.69, 9.17) is 20.4 Å². The van der Waals surface area contributed by atoms with Crippen LogP contribution in [0.4, 0.5) is 17.5 Å². The zero-order valence-electron chi connectivity index (χ0n) is 19.3. The predicted octanol–water partition coefficient (Wildman–Crippen LogP) is 3.48. The summed E-state index contributed by atoms with van der Waals surface area (Å²) in [6.07, 6.45) is 2.09. The van der Waals surface area contributed by atoms with E-state index in [0.717, 1.165) is 48.4 Å². The second-order valence-corrected chi connectivity index (χ2v) is 8.51. The van der Waals surface area contributed by atoms with Gasteiger partial charge in [-0.15, -0.1) is 0 Å². The molecule has 1 aliphatic heterocycles. The molecule has 172 valence electrons. The third kappa shape index (κ3) is 3.88. The zero-order chi connectivity index (χ0) is 22.9. The van der Waals surface area contributed by atoms with Gasteiger partial charge in [0.1, 0.15) is 5.82 Å². The maximum Gasteiger partial charge on any atom is 0.229 e. The Labute approximate surface area is 193 Å². The molecule has 33 heavy (non-hydrogen) atoms. The minimum Gasteiger partial charge on any atom is -0.383 e. The van der Waals surface area contributed by atoms with Gasteiger partial charge in [-0.05, 0) is 44.4 Å². The highest BCUT2D eigenvalue weighted by atomic mass is 16.5. The molecule has 1 aliphatic carbocycles. The number of fused-ring (bicyclic) bond motifs is 2. The Morgan fingerprint density at radius 2 is 1.73 bits per heavy atom. The van der Waals surface area contributed by atoms with Crippen molar-refractivity contribution in [2.45, 2.75) is 33.1 Å². The van der Waals surface area contributed by atoms with Crippen molar-refractivity contribution >= 4 is 34.3 Å². The quantitative estimate of drug-likeness (QED) is 0.636. The van der Waals surface area contributed by atoms with Crippen LogP contribution >= 0.6 is 0 Å². The highest BCUT2D eigenvalue weighted by molar-refractivity contribution is 6.13. The molecule has 0 radical (unpaired) electrons. The van der Waals surface area contributed by atoms with E-state index in [9.17, 15) is 4.79 Å². The molecule has 1 aromatic carbocycles. The Morgan fingerprint density at radius 1 is 1.00 bits per heavy atom. The van der Waals surface area contributed by atoms with Gasteiger partial charge in [0.15, 0.2) is 11.4 Å². The Bertz CT molecular complexity index is 1180. The smallest absolute Gasteiger partial charge is 0.229 e. The van der Waals surface area contributed by atoms with Crippen LogP contribution in [-0.2, 0) is 11.2 Å². The second kappa shape index (κ2) is 8.94. The van der Waals surface area contributed by atoms with Crippen molar-refractivity contribution in [3.8, 4) is 11.1 Å². The number of anilines is 3. The Morgan fingerprint density at radius 3 is 2.42 bits per heavy atom. The third-order valence-electron chi connectivity index (χ3n) is 6.61. The van der Waals surface area contributed by atoms with Crippen LogP contribution in [0.15, 0.2) is 24.3 Å². The van der Waals surface area contributed by atoms with E-state index in [1.54, 1.807) is 0 Å². The van der Waals surface area contributed by atoms with Gasteiger partial charge in [-0.2, -0.15) is 9.97 Å². The van der Waals surface area contributed by atoms with Crippen LogP contribution in [0.1, 0.15) is 42.7 Å². The number of ketones is 1. The molecule has 3 heterocycles. The molecule has 2 aromatic heterocycles. The monoisotopic (exact) mass is 446 g/mol. The molecule has 0 amide bonds. The molecule has 2 N–H and O–H groups in total. The fourth-order valence-corrected chi connectivity index (χ4v) is 4.87. The molecule has 1 saturated heterocycles. The lowest BCUT2D eigenvalue weighted by Crippen LogP contribution is -2.37. The van der Waals surface area contributed by atoms with Crippen LogP contribution < -0.4 is 15.5 Å². The van der Waals surface area contributed by atoms with Crippen LogP contribution in [0, 0.1) is 0 Å². The normalized spacial score (nSPS) is 16.2. The average Bonchev–Trinajstić information content (AvgIpc) is 2.85. The van der Waals surface area contributed by atoms with Crippen LogP contribution in [-0.4, -0.2) is 60.1 Å². The first-order valence-electron chi connectivity index (χ1n) is 11.8. The number of hydrogen-bond donors (Lipinski definition) is 1. The number of rotatable bonds is 5. The van der Waals surface area contributed by atoms with E-state index in [2.05, 4.69) is 52.9 Å². The first kappa shape index (κ1) is 21.6. The summed E-state index contributed by atoms with van der Waals surface area (Å²) in [6.45, 7) is 8.87. The number of nitrogens with two attached hydrogens (primary N) is 1. The van der Waals surface area contributed by atoms with Gasteiger partial charge in [0.05, 0.1) is 24.3 Å². The lowest BCUT2D eigenvalue weighted by atomic mass is 9.86. The van der Waals surface area contributed by atoms with E-state index in [-0.39, 0.29) is 5.78 Å². The van der Waals surface area contributed by atoms with Crippen molar-refractivity contribution < 1.29 is 9.53 Å². The summed E-state index contributed by atoms with van der Waals surface area (Å²) in [7, 11) is 0. The summed E-state index contributed by atoms with van der Waals surface area (Å²) in [5, 5.41) is 0.664. The van der Waals surface area contributed by atoms with Gasteiger partial charge in [-0.25, -0.2) is 4.98 Å². The van der Waals surface area contributed by atoms with Crippen molar-refractivity contribution in [1.82, 2.24) is 15.0 Å². The summed E-state index contributed by atoms with van der Waals surface area (Å²) >= 11 is 0. The SMILES string of the molecule is CCN(CC)c1ccc(-c2c3c(nc4nc(N5CCOCC5)nc(N)c24)CCCC3=O)cc1. The molecule has 0 bridgehead atoms. The fourth-order valence-electron chi connectivity index (χ4n) is 4.87. The minimum absolute atomic E-state index is 0.116. The Hall–Kier alpha value is -3.26. The van der Waals surface area contributed by atoms with Gasteiger partial charge in [0, 0.05) is 49.4 Å². The molecule has 5 rings (SSSR count). The van der Waals surface area contributed by atoms with Crippen LogP contribution in [0.2, 0.25) is 0 Å². The van der Waals surface area contributed by atoms with E-state index in [0.29, 0.717) is 61.1 Å². The number of morpholine rings is 1. The lowest BCUT2D eigenvalue weighted by molar-refractivity contribution is 0.0972. The van der Waals surface area contributed by atoms with Gasteiger partial charge in [-0.3, -0.25) is 4.79 Å². The summed E-state index contributed by atoms with van der Waals surface area (Å²) in [4.78, 5) is 31.7. The average molecular weight is 447 g/mol. The van der Waals surface area contributed by atoms with E-state index in [1.807, 2.05) is 0 Å². The molecule has 0 saturated carbocycles. The fraction of sp³-hybridized carbons (Fsp3) is 0.440. The van der Waals surface area contributed by atoms with Crippen molar-refractivity contribution in [2.24, 2.45) is 0 Å². The highest BCUT2D eigenvalue weighted by Crippen LogP contribution is 2.39. The number of carbonyl (C=O) groups excluding carboxylic acids is 1. The van der Waals surface area contributed by atoms with Crippen LogP contribution in [0.25, 0.3) is 22.2 Å². The molecule has 0 spiro atoms. The minimum atomic E-state index is 0.116. The third-order valence-corrected chi connectivity index (χ3v) is 6.61. The van der Waals surface area contributed by atoms with E-state index in [1.165, 1.54) is 0 Å². The number of nitrogens with zero attached hydrogens (tertiary/aromatic N) is 5. The molecular formula is C25H30N6O2. The van der Waals surface area contributed by atoms with Gasteiger partial charge in [0.25, 0.3) is 0 Å². The Balaban J connectivity index is 1.70. The predicted molar refractivity (Wildman–Crippen MR) is 131 cm³/mol. The molecule has 8 heteroatoms. The number of Topliss-reactive ketones (excluding diaryl/α,β-unsaturated/α-hetero) is 1. The standard InChI is InChI=1S/C25H30N6O2/c1-3-30(4-2)17-10-8-16(9-11-17)20-21-18(6-5-7-19(21)32)27-24-22(20)23(26)28-25(29-24)31-12-14-33-15-13-31/h8-11H,3-7,12-15H2,1-2H3,(H2,26,27,28,29). The topological polar surface area (TPSA) is 97.5 Å². The van der Waals surface area contributed by atoms with Crippen molar-refractivity contribution in [3.05, 3.63) is 35.5 Å². The van der Waals surface area contributed by atoms with Crippen LogP contribution in [0.5, 0.6) is 0 Å². The summed E-state index contributed by atoms with van der Waals surface area (Å²) in [5.74, 6) is 1.05. The number of ether oxygens (including phenoxy) is 1. The number of carbonyl (C=O) groups is 1.